The minimum absolute atomic E-state index is 0.0765. The fraction of sp³-hybridized carbons (Fsp3) is 0.263. The number of nitrogens with one attached hydrogen (secondary N) is 1. The van der Waals surface area contributed by atoms with Crippen LogP contribution in [-0.4, -0.2) is 45.5 Å². The summed E-state index contributed by atoms with van der Waals surface area (Å²) < 4.78 is 27.5. The van der Waals surface area contributed by atoms with Crippen molar-refractivity contribution in [3.8, 4) is 11.1 Å². The number of carbonyl (C=O) groups excluding carboxylic acids is 2. The van der Waals surface area contributed by atoms with Crippen molar-refractivity contribution in [3.05, 3.63) is 54.1 Å². The Hall–Kier alpha value is -2.87. The van der Waals surface area contributed by atoms with Crippen molar-refractivity contribution in [2.24, 2.45) is 0 Å². The van der Waals surface area contributed by atoms with Crippen molar-refractivity contribution in [2.75, 3.05) is 24.9 Å². The first-order valence-corrected chi connectivity index (χ1v) is 10.3. The molecule has 144 valence electrons. The van der Waals surface area contributed by atoms with Crippen LogP contribution in [0.1, 0.15) is 16.8 Å². The molecule has 2 aromatic rings. The molecule has 0 saturated heterocycles. The van der Waals surface area contributed by atoms with E-state index < -0.39 is 27.8 Å². The molecule has 0 aliphatic heterocycles. The van der Waals surface area contributed by atoms with Gasteiger partial charge in [0.1, 0.15) is 15.9 Å². The molecule has 0 aliphatic carbocycles. The molecule has 0 radical (unpaired) electrons. The molecule has 8 heteroatoms. The monoisotopic (exact) mass is 390 g/mol. The second-order valence-corrected chi connectivity index (χ2v) is 8.40. The number of methoxy groups -OCH3 is 1. The molecule has 0 aromatic heterocycles. The van der Waals surface area contributed by atoms with Crippen LogP contribution < -0.4 is 11.1 Å². The SMILES string of the molecule is COC(=O)[C@@H](CCS(C)(=O)=O)NC(=O)c1ccc(N)cc1-c1ccccc1. The van der Waals surface area contributed by atoms with Crippen molar-refractivity contribution >= 4 is 27.4 Å². The smallest absolute Gasteiger partial charge is 0.328 e. The Bertz CT molecular complexity index is 926. The average Bonchev–Trinajstić information content (AvgIpc) is 2.64. The fourth-order valence-corrected chi connectivity index (χ4v) is 3.24. The summed E-state index contributed by atoms with van der Waals surface area (Å²) in [5.41, 5.74) is 8.08. The van der Waals surface area contributed by atoms with Gasteiger partial charge in [-0.1, -0.05) is 30.3 Å². The molecule has 1 atom stereocenters. The van der Waals surface area contributed by atoms with Gasteiger partial charge in [0.15, 0.2) is 0 Å². The lowest BCUT2D eigenvalue weighted by molar-refractivity contribution is -0.142. The molecule has 3 N–H and O–H groups in total. The van der Waals surface area contributed by atoms with Crippen LogP contribution in [0.15, 0.2) is 48.5 Å². The van der Waals surface area contributed by atoms with Crippen LogP contribution in [-0.2, 0) is 19.4 Å². The van der Waals surface area contributed by atoms with Gasteiger partial charge >= 0.3 is 5.97 Å². The van der Waals surface area contributed by atoms with Gasteiger partial charge in [-0.25, -0.2) is 13.2 Å². The van der Waals surface area contributed by atoms with Crippen LogP contribution in [0.4, 0.5) is 5.69 Å². The molecule has 0 fully saturated rings. The van der Waals surface area contributed by atoms with Crippen LogP contribution in [0, 0.1) is 0 Å². The van der Waals surface area contributed by atoms with Crippen LogP contribution in [0.3, 0.4) is 0 Å². The second-order valence-electron chi connectivity index (χ2n) is 6.14. The van der Waals surface area contributed by atoms with E-state index >= 15 is 0 Å². The number of nitrogens with two attached hydrogens (primary N) is 1. The number of rotatable bonds is 7. The molecular weight excluding hydrogens is 368 g/mol. The zero-order valence-corrected chi connectivity index (χ0v) is 16.0. The highest BCUT2D eigenvalue weighted by Gasteiger charge is 2.25. The predicted molar refractivity (Wildman–Crippen MR) is 104 cm³/mol. The second kappa shape index (κ2) is 8.68. The van der Waals surface area contributed by atoms with E-state index in [1.54, 1.807) is 18.2 Å². The van der Waals surface area contributed by atoms with Gasteiger partial charge in [0.05, 0.1) is 12.9 Å². The van der Waals surface area contributed by atoms with Crippen molar-refractivity contribution in [1.29, 1.82) is 0 Å². The van der Waals surface area contributed by atoms with Gasteiger partial charge in [-0.3, -0.25) is 4.79 Å². The number of sulfone groups is 1. The summed E-state index contributed by atoms with van der Waals surface area (Å²) in [5.74, 6) is -1.47. The molecule has 7 nitrogen and oxygen atoms in total. The third-order valence-corrected chi connectivity index (χ3v) is 4.92. The van der Waals surface area contributed by atoms with E-state index in [4.69, 9.17) is 5.73 Å². The Morgan fingerprint density at radius 2 is 1.81 bits per heavy atom. The van der Waals surface area contributed by atoms with Gasteiger partial charge < -0.3 is 15.8 Å². The number of carbonyl (C=O) groups is 2. The molecule has 27 heavy (non-hydrogen) atoms. The number of esters is 1. The Labute approximate surface area is 158 Å². The quantitative estimate of drug-likeness (QED) is 0.548. The lowest BCUT2D eigenvalue weighted by atomic mass is 9.98. The molecule has 0 saturated carbocycles. The van der Waals surface area contributed by atoms with Crippen LogP contribution in [0.5, 0.6) is 0 Å². The lowest BCUT2D eigenvalue weighted by Gasteiger charge is -2.18. The van der Waals surface area contributed by atoms with E-state index in [1.807, 2.05) is 30.3 Å². The van der Waals surface area contributed by atoms with E-state index in [2.05, 4.69) is 10.1 Å². The first-order valence-electron chi connectivity index (χ1n) is 8.22. The summed E-state index contributed by atoms with van der Waals surface area (Å²) in [6, 6.07) is 13.0. The predicted octanol–water partition coefficient (Wildman–Crippen LogP) is 1.64. The van der Waals surface area contributed by atoms with Crippen LogP contribution in [0.2, 0.25) is 0 Å². The first kappa shape index (κ1) is 20.4. The first-order chi connectivity index (χ1) is 12.7. The number of hydrogen-bond donors (Lipinski definition) is 2. The lowest BCUT2D eigenvalue weighted by Crippen LogP contribution is -2.42. The molecule has 2 rings (SSSR count). The summed E-state index contributed by atoms with van der Waals surface area (Å²) in [4.78, 5) is 24.7. The maximum absolute atomic E-state index is 12.8. The van der Waals surface area contributed by atoms with E-state index in [9.17, 15) is 18.0 Å². The number of nitrogen functional groups attached to an aromatic ring is 1. The summed E-state index contributed by atoms with van der Waals surface area (Å²) in [5, 5.41) is 2.57. The number of hydrogen-bond acceptors (Lipinski definition) is 6. The zero-order chi connectivity index (χ0) is 20.0. The van der Waals surface area contributed by atoms with Gasteiger partial charge in [-0.15, -0.1) is 0 Å². The maximum Gasteiger partial charge on any atom is 0.328 e. The molecular formula is C19H22N2O5S. The number of anilines is 1. The van der Waals surface area contributed by atoms with Gasteiger partial charge in [-0.2, -0.15) is 0 Å². The summed E-state index contributed by atoms with van der Waals surface area (Å²) in [6.45, 7) is 0. The largest absolute Gasteiger partial charge is 0.467 e. The van der Waals surface area contributed by atoms with Crippen LogP contribution in [0.25, 0.3) is 11.1 Å². The molecule has 0 aliphatic rings. The normalized spacial score (nSPS) is 12.2. The van der Waals surface area contributed by atoms with Crippen molar-refractivity contribution < 1.29 is 22.7 Å². The van der Waals surface area contributed by atoms with Crippen molar-refractivity contribution in [3.63, 3.8) is 0 Å². The van der Waals surface area contributed by atoms with Gasteiger partial charge in [0.2, 0.25) is 0 Å². The van der Waals surface area contributed by atoms with E-state index in [0.717, 1.165) is 11.8 Å². The minimum Gasteiger partial charge on any atom is -0.467 e. The van der Waals surface area contributed by atoms with Gasteiger partial charge in [0.25, 0.3) is 5.91 Å². The molecule has 0 unspecified atom stereocenters. The Morgan fingerprint density at radius 3 is 2.41 bits per heavy atom. The number of benzene rings is 2. The summed E-state index contributed by atoms with van der Waals surface area (Å²) in [6.07, 6.45) is 0.990. The highest BCUT2D eigenvalue weighted by Crippen LogP contribution is 2.26. The highest BCUT2D eigenvalue weighted by molar-refractivity contribution is 7.90. The third kappa shape index (κ3) is 5.82. The zero-order valence-electron chi connectivity index (χ0n) is 15.1. The molecule has 0 spiro atoms. The Morgan fingerprint density at radius 1 is 1.15 bits per heavy atom. The van der Waals surface area contributed by atoms with Crippen molar-refractivity contribution in [2.45, 2.75) is 12.5 Å². The van der Waals surface area contributed by atoms with Crippen LogP contribution >= 0.6 is 0 Å². The van der Waals surface area contributed by atoms with Crippen molar-refractivity contribution in [1.82, 2.24) is 5.32 Å². The Balaban J connectivity index is 2.31. The fourth-order valence-electron chi connectivity index (χ4n) is 2.58. The summed E-state index contributed by atoms with van der Waals surface area (Å²) >= 11 is 0. The van der Waals surface area contributed by atoms with Gasteiger partial charge in [-0.05, 0) is 35.7 Å². The molecule has 1 amide bonds. The van der Waals surface area contributed by atoms with Gasteiger partial charge in [0, 0.05) is 17.5 Å². The minimum atomic E-state index is -3.29. The van der Waals surface area contributed by atoms with E-state index in [0.29, 0.717) is 16.8 Å². The number of amides is 1. The number of ether oxygens (including phenoxy) is 1. The molecule has 0 bridgehead atoms. The summed E-state index contributed by atoms with van der Waals surface area (Å²) in [7, 11) is -2.11. The third-order valence-electron chi connectivity index (χ3n) is 3.94. The highest BCUT2D eigenvalue weighted by atomic mass is 32.2. The van der Waals surface area contributed by atoms with E-state index in [-0.39, 0.29) is 12.2 Å². The Kier molecular flexibility index (Phi) is 6.57. The average molecular weight is 390 g/mol. The molecule has 2 aromatic carbocycles. The van der Waals surface area contributed by atoms with E-state index in [1.165, 1.54) is 7.11 Å². The topological polar surface area (TPSA) is 116 Å². The maximum atomic E-state index is 12.8. The standard InChI is InChI=1S/C19H22N2O5S/c1-26-19(23)17(10-11-27(2,24)25)21-18(22)15-9-8-14(20)12-16(15)13-6-4-3-5-7-13/h3-9,12,17H,10-11,20H2,1-2H3,(H,21,22)/t17-/m1/s1. The molecule has 0 heterocycles.